The van der Waals surface area contributed by atoms with Gasteiger partial charge in [0.1, 0.15) is 0 Å². The molecule has 9 heteroatoms. The molecule has 0 bridgehead atoms. The summed E-state index contributed by atoms with van der Waals surface area (Å²) < 4.78 is 0.907. The summed E-state index contributed by atoms with van der Waals surface area (Å²) in [6.45, 7) is 0. The van der Waals surface area contributed by atoms with Gasteiger partial charge in [0.15, 0.2) is 5.82 Å². The Morgan fingerprint density at radius 3 is 2.80 bits per heavy atom. The summed E-state index contributed by atoms with van der Waals surface area (Å²) in [6, 6.07) is 7.41. The minimum Gasteiger partial charge on any atom is -0.335 e. The number of carbonyl (C=O) groups excluding carboxylic acids is 2. The Hall–Kier alpha value is -1.87. The maximum absolute atomic E-state index is 11.9. The largest absolute Gasteiger partial charge is 0.335 e. The number of halogens is 1. The van der Waals surface area contributed by atoms with E-state index in [0.29, 0.717) is 11.0 Å². The highest BCUT2D eigenvalue weighted by Gasteiger charge is 2.18. The number of amides is 3. The second-order valence-electron chi connectivity index (χ2n) is 5.74. The van der Waals surface area contributed by atoms with Crippen LogP contribution in [0, 0.1) is 0 Å². The van der Waals surface area contributed by atoms with E-state index in [1.165, 1.54) is 11.8 Å². The van der Waals surface area contributed by atoms with E-state index in [-0.39, 0.29) is 17.7 Å². The summed E-state index contributed by atoms with van der Waals surface area (Å²) in [6.07, 6.45) is 4.20. The third-order valence-electron chi connectivity index (χ3n) is 3.87. The van der Waals surface area contributed by atoms with Gasteiger partial charge in [0.05, 0.1) is 5.75 Å². The zero-order valence-corrected chi connectivity index (χ0v) is 15.8. The Bertz CT molecular complexity index is 760. The predicted octanol–water partition coefficient (Wildman–Crippen LogP) is 3.09. The Morgan fingerprint density at radius 2 is 2.04 bits per heavy atom. The number of urea groups is 1. The number of nitrogens with one attached hydrogen (secondary N) is 3. The molecule has 0 aliphatic heterocycles. The molecule has 0 atom stereocenters. The number of thioether (sulfide) groups is 1. The molecule has 0 unspecified atom stereocenters. The second kappa shape index (κ2) is 8.48. The van der Waals surface area contributed by atoms with Crippen molar-refractivity contribution in [3.05, 3.63) is 28.7 Å². The van der Waals surface area contributed by atoms with E-state index in [4.69, 9.17) is 0 Å². The van der Waals surface area contributed by atoms with Crippen LogP contribution in [0.5, 0.6) is 0 Å². The fourth-order valence-electron chi connectivity index (χ4n) is 2.67. The second-order valence-corrected chi connectivity index (χ2v) is 7.53. The average Bonchev–Trinajstić information content (AvgIpc) is 3.25. The molecule has 132 valence electrons. The van der Waals surface area contributed by atoms with Crippen molar-refractivity contribution >= 4 is 39.6 Å². The lowest BCUT2D eigenvalue weighted by molar-refractivity contribution is -0.117. The van der Waals surface area contributed by atoms with Crippen LogP contribution in [0.1, 0.15) is 25.7 Å². The SMILES string of the molecule is O=C(CSc1n[nH]c(-c2ccccc2Br)n1)NC(=O)NC1CCCC1. The standard InChI is InChI=1S/C16H18BrN5O2S/c17-12-8-4-3-7-11(12)14-20-16(22-21-14)25-9-13(23)19-15(24)18-10-5-1-2-6-10/h3-4,7-8,10H,1-2,5-6,9H2,(H,20,21,22)(H2,18,19,23,24). The van der Waals surface area contributed by atoms with Crippen LogP contribution in [0.4, 0.5) is 4.79 Å². The lowest BCUT2D eigenvalue weighted by atomic mass is 10.2. The number of aromatic nitrogens is 3. The lowest BCUT2D eigenvalue weighted by Crippen LogP contribution is -2.44. The van der Waals surface area contributed by atoms with Crippen LogP contribution in [-0.4, -0.2) is 38.9 Å². The molecule has 25 heavy (non-hydrogen) atoms. The fraction of sp³-hybridized carbons (Fsp3) is 0.375. The molecular formula is C16H18BrN5O2S. The molecule has 0 radical (unpaired) electrons. The first-order valence-electron chi connectivity index (χ1n) is 8.02. The van der Waals surface area contributed by atoms with Crippen molar-refractivity contribution in [1.29, 1.82) is 0 Å². The van der Waals surface area contributed by atoms with Crippen molar-refractivity contribution in [2.45, 2.75) is 36.9 Å². The topological polar surface area (TPSA) is 99.8 Å². The maximum atomic E-state index is 11.9. The Balaban J connectivity index is 1.48. The average molecular weight is 424 g/mol. The van der Waals surface area contributed by atoms with Crippen molar-refractivity contribution < 1.29 is 9.59 Å². The van der Waals surface area contributed by atoms with Crippen LogP contribution in [0.3, 0.4) is 0 Å². The molecule has 0 spiro atoms. The van der Waals surface area contributed by atoms with Crippen molar-refractivity contribution in [1.82, 2.24) is 25.8 Å². The van der Waals surface area contributed by atoms with Gasteiger partial charge in [0, 0.05) is 16.1 Å². The normalized spacial score (nSPS) is 14.4. The van der Waals surface area contributed by atoms with Crippen molar-refractivity contribution in [3.8, 4) is 11.4 Å². The Morgan fingerprint density at radius 1 is 1.28 bits per heavy atom. The van der Waals surface area contributed by atoms with Crippen LogP contribution < -0.4 is 10.6 Å². The van der Waals surface area contributed by atoms with E-state index < -0.39 is 6.03 Å². The molecule has 1 aromatic heterocycles. The van der Waals surface area contributed by atoms with Gasteiger partial charge in [-0.3, -0.25) is 15.2 Å². The van der Waals surface area contributed by atoms with Gasteiger partial charge in [0.25, 0.3) is 0 Å². The summed E-state index contributed by atoms with van der Waals surface area (Å²) in [4.78, 5) is 28.0. The highest BCUT2D eigenvalue weighted by Crippen LogP contribution is 2.26. The number of benzene rings is 1. The number of rotatable bonds is 5. The third kappa shape index (κ3) is 5.05. The first kappa shape index (κ1) is 17.9. The lowest BCUT2D eigenvalue weighted by Gasteiger charge is -2.11. The van der Waals surface area contributed by atoms with E-state index in [1.54, 1.807) is 0 Å². The number of aromatic amines is 1. The molecule has 1 saturated carbocycles. The smallest absolute Gasteiger partial charge is 0.321 e. The van der Waals surface area contributed by atoms with Gasteiger partial charge in [-0.05, 0) is 18.9 Å². The van der Waals surface area contributed by atoms with E-state index in [0.717, 1.165) is 35.7 Å². The summed E-state index contributed by atoms with van der Waals surface area (Å²) in [5.41, 5.74) is 0.891. The molecule has 1 fully saturated rings. The molecular weight excluding hydrogens is 406 g/mol. The van der Waals surface area contributed by atoms with Crippen molar-refractivity contribution in [3.63, 3.8) is 0 Å². The van der Waals surface area contributed by atoms with E-state index in [1.807, 2.05) is 24.3 Å². The molecule has 7 nitrogen and oxygen atoms in total. The minimum atomic E-state index is -0.429. The number of carbonyl (C=O) groups is 2. The molecule has 0 saturated heterocycles. The first-order chi connectivity index (χ1) is 12.1. The Labute approximate surface area is 157 Å². The molecule has 1 heterocycles. The molecule has 2 aromatic rings. The third-order valence-corrected chi connectivity index (χ3v) is 5.41. The van der Waals surface area contributed by atoms with Crippen LogP contribution in [-0.2, 0) is 4.79 Å². The molecule has 3 rings (SSSR count). The van der Waals surface area contributed by atoms with Crippen LogP contribution in [0.2, 0.25) is 0 Å². The minimum absolute atomic E-state index is 0.0747. The van der Waals surface area contributed by atoms with Gasteiger partial charge in [0.2, 0.25) is 11.1 Å². The van der Waals surface area contributed by atoms with Crippen molar-refractivity contribution in [2.24, 2.45) is 0 Å². The molecule has 3 amide bonds. The first-order valence-corrected chi connectivity index (χ1v) is 9.80. The van der Waals surface area contributed by atoms with Gasteiger partial charge >= 0.3 is 6.03 Å². The zero-order valence-electron chi connectivity index (χ0n) is 13.4. The van der Waals surface area contributed by atoms with Gasteiger partial charge in [-0.15, -0.1) is 5.10 Å². The summed E-state index contributed by atoms with van der Waals surface area (Å²) >= 11 is 4.64. The van der Waals surface area contributed by atoms with E-state index >= 15 is 0 Å². The molecule has 3 N–H and O–H groups in total. The van der Waals surface area contributed by atoms with Crippen LogP contribution >= 0.6 is 27.7 Å². The van der Waals surface area contributed by atoms with E-state index in [9.17, 15) is 9.59 Å². The van der Waals surface area contributed by atoms with E-state index in [2.05, 4.69) is 41.7 Å². The summed E-state index contributed by atoms with van der Waals surface area (Å²) in [7, 11) is 0. The number of imide groups is 1. The van der Waals surface area contributed by atoms with Gasteiger partial charge < -0.3 is 5.32 Å². The molecule has 1 aliphatic carbocycles. The fourth-order valence-corrected chi connectivity index (χ4v) is 3.74. The highest BCUT2D eigenvalue weighted by atomic mass is 79.9. The summed E-state index contributed by atoms with van der Waals surface area (Å²) in [5.74, 6) is 0.327. The predicted molar refractivity (Wildman–Crippen MR) is 99.2 cm³/mol. The zero-order chi connectivity index (χ0) is 17.6. The van der Waals surface area contributed by atoms with Gasteiger partial charge in [-0.2, -0.15) is 0 Å². The van der Waals surface area contributed by atoms with Crippen LogP contribution in [0.15, 0.2) is 33.9 Å². The quantitative estimate of drug-likeness (QED) is 0.641. The number of hydrogen-bond acceptors (Lipinski definition) is 5. The van der Waals surface area contributed by atoms with Gasteiger partial charge in [-0.25, -0.2) is 9.78 Å². The monoisotopic (exact) mass is 423 g/mol. The summed E-state index contributed by atoms with van der Waals surface area (Å²) in [5, 5.41) is 12.6. The number of H-pyrrole nitrogens is 1. The molecule has 1 aliphatic rings. The number of nitrogens with zero attached hydrogens (tertiary/aromatic N) is 2. The molecule has 1 aromatic carbocycles. The Kier molecular flexibility index (Phi) is 6.09. The van der Waals surface area contributed by atoms with Crippen molar-refractivity contribution in [2.75, 3.05) is 5.75 Å². The highest BCUT2D eigenvalue weighted by molar-refractivity contribution is 9.10. The van der Waals surface area contributed by atoms with Crippen LogP contribution in [0.25, 0.3) is 11.4 Å². The number of hydrogen-bond donors (Lipinski definition) is 3. The van der Waals surface area contributed by atoms with Gasteiger partial charge in [-0.1, -0.05) is 58.7 Å². The maximum Gasteiger partial charge on any atom is 0.321 e.